The second kappa shape index (κ2) is 11.7. The van der Waals surface area contributed by atoms with Crippen LogP contribution in [0.3, 0.4) is 0 Å². The molecule has 2 unspecified atom stereocenters. The highest BCUT2D eigenvalue weighted by Gasteiger charge is 2.56. The van der Waals surface area contributed by atoms with Crippen LogP contribution in [0.1, 0.15) is 24.8 Å². The lowest BCUT2D eigenvalue weighted by Gasteiger charge is -2.34. The summed E-state index contributed by atoms with van der Waals surface area (Å²) in [6.07, 6.45) is -4.16. The molecule has 6 rings (SSSR count). The molecule has 2 saturated heterocycles. The maximum atomic E-state index is 14.6. The van der Waals surface area contributed by atoms with E-state index in [4.69, 9.17) is 21.1 Å². The van der Waals surface area contributed by atoms with Crippen LogP contribution in [0, 0.1) is 11.3 Å². The highest BCUT2D eigenvalue weighted by atomic mass is 35.5. The number of fused-ring (bicyclic) bond motifs is 1. The van der Waals surface area contributed by atoms with Crippen LogP contribution in [-0.4, -0.2) is 74.5 Å². The summed E-state index contributed by atoms with van der Waals surface area (Å²) in [7, 11) is -4.37. The number of carbonyl (C=O) groups excluding carboxylic acids is 2. The highest BCUT2D eigenvalue weighted by Crippen LogP contribution is 2.42. The third kappa shape index (κ3) is 5.88. The number of alkyl halides is 3. The number of nitrogens with zero attached hydrogens (tertiary/aromatic N) is 2. The molecule has 0 spiro atoms. The molecule has 2 heterocycles. The van der Waals surface area contributed by atoms with Crippen LogP contribution < -0.4 is 10.1 Å². The number of ether oxygens (including phenoxy) is 3. The van der Waals surface area contributed by atoms with Gasteiger partial charge in [0.25, 0.3) is 11.7 Å². The number of rotatable bonds is 8. The van der Waals surface area contributed by atoms with Crippen LogP contribution in [0.2, 0.25) is 5.02 Å². The Morgan fingerprint density at radius 1 is 1.09 bits per heavy atom. The molecule has 0 aromatic heterocycles. The lowest BCUT2D eigenvalue weighted by atomic mass is 9.96. The van der Waals surface area contributed by atoms with Crippen molar-refractivity contribution < 1.29 is 45.4 Å². The fourth-order valence-corrected chi connectivity index (χ4v) is 8.09. The predicted molar refractivity (Wildman–Crippen MR) is 157 cm³/mol. The van der Waals surface area contributed by atoms with Crippen LogP contribution in [0.25, 0.3) is 10.8 Å². The first-order valence-corrected chi connectivity index (χ1v) is 16.2. The second-order valence-corrected chi connectivity index (χ2v) is 14.0. The smallest absolute Gasteiger partial charge is 0.422 e. The zero-order valence-electron chi connectivity index (χ0n) is 24.1. The fourth-order valence-electron chi connectivity index (χ4n) is 5.86. The van der Waals surface area contributed by atoms with Crippen LogP contribution >= 0.6 is 11.6 Å². The molecule has 2 atom stereocenters. The number of amides is 2. The van der Waals surface area contributed by atoms with Gasteiger partial charge in [-0.05, 0) is 42.2 Å². The zero-order chi connectivity index (χ0) is 32.9. The summed E-state index contributed by atoms with van der Waals surface area (Å²) in [5, 5.41) is 12.0. The minimum atomic E-state index is -4.62. The Morgan fingerprint density at radius 2 is 1.78 bits per heavy atom. The summed E-state index contributed by atoms with van der Waals surface area (Å²) in [6, 6.07) is 16.3. The molecule has 2 aliphatic heterocycles. The van der Waals surface area contributed by atoms with E-state index in [1.54, 1.807) is 24.3 Å². The molecule has 3 fully saturated rings. The SMILES string of the molecule is N#CC1(NC(=O)C2CC(S(=O)(=O)c3ccc(OCC(F)(F)F)cc3Cl)CN2C(=O)C2(c3cccc4ccccc34)OCCO2)CC1. The zero-order valence-corrected chi connectivity index (χ0v) is 25.6. The second-order valence-electron chi connectivity index (χ2n) is 11.4. The van der Waals surface area contributed by atoms with Crippen molar-refractivity contribution in [2.75, 3.05) is 26.4 Å². The first-order chi connectivity index (χ1) is 21.8. The van der Waals surface area contributed by atoms with Gasteiger partial charge in [0.2, 0.25) is 5.91 Å². The normalized spacial score (nSPS) is 21.9. The molecular weight excluding hydrogens is 651 g/mol. The molecule has 1 N–H and O–H groups in total. The van der Waals surface area contributed by atoms with E-state index in [-0.39, 0.29) is 30.4 Å². The quantitative estimate of drug-likeness (QED) is 0.374. The van der Waals surface area contributed by atoms with E-state index in [2.05, 4.69) is 16.1 Å². The highest BCUT2D eigenvalue weighted by molar-refractivity contribution is 7.92. The van der Waals surface area contributed by atoms with Gasteiger partial charge in [0.05, 0.1) is 34.5 Å². The largest absolute Gasteiger partial charge is 0.484 e. The number of likely N-dealkylation sites (tertiary alicyclic amines) is 1. The van der Waals surface area contributed by atoms with Gasteiger partial charge in [-0.3, -0.25) is 9.59 Å². The van der Waals surface area contributed by atoms with Gasteiger partial charge in [0, 0.05) is 18.2 Å². The van der Waals surface area contributed by atoms with Crippen molar-refractivity contribution in [1.82, 2.24) is 10.2 Å². The molecule has 0 bridgehead atoms. The molecule has 3 aliphatic rings. The summed E-state index contributed by atoms with van der Waals surface area (Å²) in [4.78, 5) is 28.9. The lowest BCUT2D eigenvalue weighted by molar-refractivity contribution is -0.199. The Morgan fingerprint density at radius 3 is 2.43 bits per heavy atom. The number of carbonyl (C=O) groups is 2. The van der Waals surface area contributed by atoms with Crippen LogP contribution in [-0.2, 0) is 34.7 Å². The Hall–Kier alpha value is -3.90. The molecular formula is C31H27ClF3N3O7S. The predicted octanol–water partition coefficient (Wildman–Crippen LogP) is 4.25. The van der Waals surface area contributed by atoms with Crippen LogP contribution in [0.15, 0.2) is 65.6 Å². The summed E-state index contributed by atoms with van der Waals surface area (Å²) in [6.45, 7) is -1.95. The van der Waals surface area contributed by atoms with Gasteiger partial charge in [-0.15, -0.1) is 0 Å². The van der Waals surface area contributed by atoms with Gasteiger partial charge in [-0.25, -0.2) is 8.42 Å². The first-order valence-electron chi connectivity index (χ1n) is 14.3. The standard InChI is InChI=1S/C31H27ClF3N3O7S/c32-24-14-20(43-18-30(33,34)35)8-9-26(24)46(41,42)21-15-25(27(39)37-29(17-36)10-11-29)38(16-21)28(40)31(44-12-13-45-31)23-7-3-5-19-4-1-2-6-22(19)23/h1-9,14,21,25H,10-13,15-16,18H2,(H,37,39). The molecule has 10 nitrogen and oxygen atoms in total. The molecule has 0 radical (unpaired) electrons. The first kappa shape index (κ1) is 32.1. The van der Waals surface area contributed by atoms with E-state index in [9.17, 15) is 36.4 Å². The van der Waals surface area contributed by atoms with E-state index < -0.39 is 68.5 Å². The van der Waals surface area contributed by atoms with E-state index in [0.717, 1.165) is 28.5 Å². The van der Waals surface area contributed by atoms with Gasteiger partial charge in [0.15, 0.2) is 16.4 Å². The van der Waals surface area contributed by atoms with Crippen LogP contribution in [0.4, 0.5) is 13.2 Å². The number of nitriles is 1. The van der Waals surface area contributed by atoms with E-state index in [1.165, 1.54) is 0 Å². The molecule has 242 valence electrons. The molecule has 3 aromatic carbocycles. The number of halogens is 4. The third-order valence-electron chi connectivity index (χ3n) is 8.32. The van der Waals surface area contributed by atoms with Crippen LogP contribution in [0.5, 0.6) is 5.75 Å². The van der Waals surface area contributed by atoms with Crippen molar-refractivity contribution in [3.8, 4) is 11.8 Å². The van der Waals surface area contributed by atoms with Gasteiger partial charge in [-0.1, -0.05) is 54.1 Å². The van der Waals surface area contributed by atoms with Gasteiger partial charge in [0.1, 0.15) is 17.3 Å². The van der Waals surface area contributed by atoms with E-state index >= 15 is 0 Å². The van der Waals surface area contributed by atoms with Crippen molar-refractivity contribution in [2.45, 2.75) is 53.0 Å². The lowest BCUT2D eigenvalue weighted by Crippen LogP contribution is -2.55. The Balaban J connectivity index is 1.36. The molecule has 2 amide bonds. The van der Waals surface area contributed by atoms with Crippen molar-refractivity contribution in [3.05, 3.63) is 71.2 Å². The minimum Gasteiger partial charge on any atom is -0.484 e. The van der Waals surface area contributed by atoms with Crippen molar-refractivity contribution in [3.63, 3.8) is 0 Å². The number of hydrogen-bond donors (Lipinski definition) is 1. The average molecular weight is 678 g/mol. The van der Waals surface area contributed by atoms with E-state index in [1.807, 2.05) is 18.2 Å². The van der Waals surface area contributed by atoms with Gasteiger partial charge >= 0.3 is 6.18 Å². The number of nitrogens with one attached hydrogen (secondary N) is 1. The fraction of sp³-hybridized carbons (Fsp3) is 0.387. The molecule has 15 heteroatoms. The Labute approximate surface area is 266 Å². The van der Waals surface area contributed by atoms with Gasteiger partial charge < -0.3 is 24.4 Å². The number of hydrogen-bond acceptors (Lipinski definition) is 8. The van der Waals surface area contributed by atoms with Crippen molar-refractivity contribution in [2.24, 2.45) is 0 Å². The summed E-state index contributed by atoms with van der Waals surface area (Å²) in [5.74, 6) is -3.78. The molecule has 1 aliphatic carbocycles. The molecule has 46 heavy (non-hydrogen) atoms. The summed E-state index contributed by atoms with van der Waals surface area (Å²) >= 11 is 6.24. The Kier molecular flexibility index (Phi) is 8.17. The number of benzene rings is 3. The monoisotopic (exact) mass is 677 g/mol. The van der Waals surface area contributed by atoms with E-state index in [0.29, 0.717) is 23.8 Å². The van der Waals surface area contributed by atoms with Gasteiger partial charge in [-0.2, -0.15) is 18.4 Å². The minimum absolute atomic E-state index is 0.0529. The average Bonchev–Trinajstić information content (AvgIpc) is 3.39. The van der Waals surface area contributed by atoms with Crippen molar-refractivity contribution >= 4 is 44.0 Å². The maximum absolute atomic E-state index is 14.6. The molecule has 1 saturated carbocycles. The summed E-state index contributed by atoms with van der Waals surface area (Å²) in [5.41, 5.74) is -0.724. The van der Waals surface area contributed by atoms with Crippen molar-refractivity contribution in [1.29, 1.82) is 5.26 Å². The maximum Gasteiger partial charge on any atom is 0.422 e. The number of sulfone groups is 1. The topological polar surface area (TPSA) is 135 Å². The summed E-state index contributed by atoms with van der Waals surface area (Å²) < 4.78 is 82.4. The molecule has 3 aromatic rings. The Bertz CT molecular complexity index is 1850. The third-order valence-corrected chi connectivity index (χ3v) is 10.9.